The molecular weight excluding hydrogens is 252 g/mol. The molecule has 1 heterocycles. The van der Waals surface area contributed by atoms with Crippen molar-refractivity contribution in [3.05, 3.63) is 22.8 Å². The van der Waals surface area contributed by atoms with Gasteiger partial charge in [-0.15, -0.1) is 0 Å². The number of carbonyl (C=O) groups is 1. The van der Waals surface area contributed by atoms with Gasteiger partial charge >= 0.3 is 5.97 Å². The average molecular weight is 268 g/mol. The van der Waals surface area contributed by atoms with Crippen LogP contribution in [0.15, 0.2) is 6.07 Å². The molecule has 0 aromatic heterocycles. The highest BCUT2D eigenvalue weighted by atomic mass is 16.7. The first-order chi connectivity index (χ1) is 8.85. The lowest BCUT2D eigenvalue weighted by atomic mass is 9.83. The predicted molar refractivity (Wildman–Crippen MR) is 65.3 cm³/mol. The lowest BCUT2D eigenvalue weighted by Crippen LogP contribution is -2.47. The van der Waals surface area contributed by atoms with E-state index in [-0.39, 0.29) is 11.3 Å². The fourth-order valence-electron chi connectivity index (χ4n) is 2.43. The molecular formula is C13H16O6. The molecule has 1 aromatic carbocycles. The monoisotopic (exact) mass is 268 g/mol. The van der Waals surface area contributed by atoms with Gasteiger partial charge in [0.2, 0.25) is 5.79 Å². The number of benzene rings is 1. The van der Waals surface area contributed by atoms with E-state index < -0.39 is 24.3 Å². The fraction of sp³-hybridized carbons (Fsp3) is 0.462. The van der Waals surface area contributed by atoms with E-state index in [0.29, 0.717) is 16.9 Å². The Morgan fingerprint density at radius 2 is 2.16 bits per heavy atom. The number of esters is 1. The van der Waals surface area contributed by atoms with Gasteiger partial charge < -0.3 is 24.8 Å². The highest BCUT2D eigenvalue weighted by molar-refractivity contribution is 5.96. The van der Waals surface area contributed by atoms with Gasteiger partial charge in [0.15, 0.2) is 0 Å². The first-order valence-electron chi connectivity index (χ1n) is 5.82. The molecule has 1 aromatic rings. The molecule has 19 heavy (non-hydrogen) atoms. The van der Waals surface area contributed by atoms with Crippen LogP contribution in [0, 0.1) is 6.92 Å². The van der Waals surface area contributed by atoms with E-state index in [1.165, 1.54) is 13.2 Å². The van der Waals surface area contributed by atoms with Gasteiger partial charge in [0, 0.05) is 6.07 Å². The van der Waals surface area contributed by atoms with Crippen molar-refractivity contribution in [1.82, 2.24) is 0 Å². The summed E-state index contributed by atoms with van der Waals surface area (Å²) in [5.74, 6) is -3.42. The molecule has 0 fully saturated rings. The van der Waals surface area contributed by atoms with Crippen molar-refractivity contribution in [2.75, 3.05) is 13.7 Å². The number of phenols is 1. The summed E-state index contributed by atoms with van der Waals surface area (Å²) in [7, 11) is 1.44. The SMILES string of the molecule is COc1cc(O)c2c(c1C)C(C)C(O)(CO)OC2=O. The van der Waals surface area contributed by atoms with Crippen LogP contribution < -0.4 is 4.74 Å². The third-order valence-corrected chi connectivity index (χ3v) is 3.60. The van der Waals surface area contributed by atoms with E-state index >= 15 is 0 Å². The van der Waals surface area contributed by atoms with E-state index in [0.717, 1.165) is 0 Å². The second kappa shape index (κ2) is 4.40. The predicted octanol–water partition coefficient (Wildman–Crippen LogP) is 0.664. The molecule has 1 aliphatic heterocycles. The zero-order valence-electron chi connectivity index (χ0n) is 10.9. The number of methoxy groups -OCH3 is 1. The Bertz CT molecular complexity index is 538. The lowest BCUT2D eigenvalue weighted by molar-refractivity contribution is -0.206. The van der Waals surface area contributed by atoms with Crippen LogP contribution >= 0.6 is 0 Å². The molecule has 2 rings (SSSR count). The number of carbonyl (C=O) groups excluding carboxylic acids is 1. The van der Waals surface area contributed by atoms with Crippen LogP contribution in [0.25, 0.3) is 0 Å². The summed E-state index contributed by atoms with van der Waals surface area (Å²) >= 11 is 0. The topological polar surface area (TPSA) is 96.2 Å². The maximum Gasteiger partial charge on any atom is 0.344 e. The van der Waals surface area contributed by atoms with Gasteiger partial charge in [-0.2, -0.15) is 0 Å². The molecule has 0 saturated heterocycles. The Morgan fingerprint density at radius 1 is 1.53 bits per heavy atom. The summed E-state index contributed by atoms with van der Waals surface area (Å²) < 4.78 is 9.96. The Balaban J connectivity index is 2.74. The highest BCUT2D eigenvalue weighted by Crippen LogP contribution is 2.44. The van der Waals surface area contributed by atoms with Crippen molar-refractivity contribution in [1.29, 1.82) is 0 Å². The molecule has 0 bridgehead atoms. The van der Waals surface area contributed by atoms with Gasteiger partial charge in [-0.3, -0.25) is 0 Å². The van der Waals surface area contributed by atoms with E-state index in [1.54, 1.807) is 13.8 Å². The number of ether oxygens (including phenoxy) is 2. The second-order valence-electron chi connectivity index (χ2n) is 4.63. The highest BCUT2D eigenvalue weighted by Gasteiger charge is 2.47. The fourth-order valence-corrected chi connectivity index (χ4v) is 2.43. The number of hydrogen-bond donors (Lipinski definition) is 3. The zero-order chi connectivity index (χ0) is 14.4. The van der Waals surface area contributed by atoms with Crippen LogP contribution in [0.2, 0.25) is 0 Å². The maximum absolute atomic E-state index is 11.9. The number of aliphatic hydroxyl groups is 2. The Hall–Kier alpha value is -1.79. The number of rotatable bonds is 2. The molecule has 0 amide bonds. The van der Waals surface area contributed by atoms with E-state index in [1.807, 2.05) is 0 Å². The summed E-state index contributed by atoms with van der Waals surface area (Å²) in [6.45, 7) is 2.59. The minimum absolute atomic E-state index is 0.00363. The normalized spacial score (nSPS) is 25.7. The Kier molecular flexibility index (Phi) is 3.15. The molecule has 2 unspecified atom stereocenters. The maximum atomic E-state index is 11.9. The zero-order valence-corrected chi connectivity index (χ0v) is 10.9. The summed E-state index contributed by atoms with van der Waals surface area (Å²) in [5.41, 5.74) is 1.04. The van der Waals surface area contributed by atoms with Gasteiger partial charge in [0.25, 0.3) is 0 Å². The summed E-state index contributed by atoms with van der Waals surface area (Å²) in [4.78, 5) is 11.9. The van der Waals surface area contributed by atoms with Crippen LogP contribution in [0.4, 0.5) is 0 Å². The van der Waals surface area contributed by atoms with Crippen molar-refractivity contribution in [3.8, 4) is 11.5 Å². The molecule has 6 heteroatoms. The number of cyclic esters (lactones) is 1. The number of aliphatic hydroxyl groups excluding tert-OH is 1. The second-order valence-corrected chi connectivity index (χ2v) is 4.63. The van der Waals surface area contributed by atoms with Gasteiger partial charge in [-0.1, -0.05) is 6.92 Å². The molecule has 3 N–H and O–H groups in total. The Labute approximate surface area is 110 Å². The number of fused-ring (bicyclic) bond motifs is 1. The molecule has 0 aliphatic carbocycles. The van der Waals surface area contributed by atoms with Crippen molar-refractivity contribution in [3.63, 3.8) is 0 Å². The van der Waals surface area contributed by atoms with E-state index in [2.05, 4.69) is 0 Å². The smallest absolute Gasteiger partial charge is 0.344 e. The minimum atomic E-state index is -1.99. The standard InChI is InChI=1S/C13H16O6/c1-6-9(18-3)4-8(15)11-10(6)7(2)13(17,5-14)19-12(11)16/h4,7,14-15,17H,5H2,1-3H3. The number of hydrogen-bond acceptors (Lipinski definition) is 6. The first-order valence-corrected chi connectivity index (χ1v) is 5.82. The van der Waals surface area contributed by atoms with Crippen LogP contribution in [0.3, 0.4) is 0 Å². The summed E-state index contributed by atoms with van der Waals surface area (Å²) in [5, 5.41) is 29.3. The largest absolute Gasteiger partial charge is 0.507 e. The molecule has 0 spiro atoms. The molecule has 6 nitrogen and oxygen atoms in total. The van der Waals surface area contributed by atoms with Gasteiger partial charge in [0.1, 0.15) is 23.7 Å². The third-order valence-electron chi connectivity index (χ3n) is 3.60. The average Bonchev–Trinajstić information content (AvgIpc) is 2.38. The molecule has 0 saturated carbocycles. The first kappa shape index (κ1) is 13.6. The third kappa shape index (κ3) is 1.84. The van der Waals surface area contributed by atoms with Crippen molar-refractivity contribution in [2.45, 2.75) is 25.6 Å². The van der Waals surface area contributed by atoms with Crippen molar-refractivity contribution < 1.29 is 29.6 Å². The van der Waals surface area contributed by atoms with E-state index in [9.17, 15) is 20.1 Å². The van der Waals surface area contributed by atoms with Crippen LogP contribution in [-0.2, 0) is 4.74 Å². The lowest BCUT2D eigenvalue weighted by Gasteiger charge is -2.38. The van der Waals surface area contributed by atoms with Crippen LogP contribution in [0.1, 0.15) is 34.3 Å². The minimum Gasteiger partial charge on any atom is -0.507 e. The molecule has 0 radical (unpaired) electrons. The van der Waals surface area contributed by atoms with Crippen molar-refractivity contribution >= 4 is 5.97 Å². The number of phenolic OH excluding ortho intramolecular Hbond substituents is 1. The van der Waals surface area contributed by atoms with Gasteiger partial charge in [-0.25, -0.2) is 4.79 Å². The molecule has 104 valence electrons. The Morgan fingerprint density at radius 3 is 2.68 bits per heavy atom. The number of aromatic hydroxyl groups is 1. The van der Waals surface area contributed by atoms with Crippen LogP contribution in [-0.4, -0.2) is 40.8 Å². The van der Waals surface area contributed by atoms with Crippen molar-refractivity contribution in [2.24, 2.45) is 0 Å². The molecule has 2 atom stereocenters. The summed E-state index contributed by atoms with van der Waals surface area (Å²) in [6.07, 6.45) is 0. The van der Waals surface area contributed by atoms with Crippen LogP contribution in [0.5, 0.6) is 11.5 Å². The molecule has 1 aliphatic rings. The van der Waals surface area contributed by atoms with Gasteiger partial charge in [-0.05, 0) is 18.1 Å². The quantitative estimate of drug-likeness (QED) is 0.682. The van der Waals surface area contributed by atoms with Gasteiger partial charge in [0.05, 0.1) is 13.0 Å². The summed E-state index contributed by atoms with van der Waals surface area (Å²) in [6, 6.07) is 1.32. The van der Waals surface area contributed by atoms with E-state index in [4.69, 9.17) is 9.47 Å².